The molecule has 0 amide bonds. The summed E-state index contributed by atoms with van der Waals surface area (Å²) < 4.78 is 9.81. The molecular weight excluding hydrogens is 278 g/mol. The van der Waals surface area contributed by atoms with Crippen LogP contribution in [0.3, 0.4) is 0 Å². The fraction of sp³-hybridized carbons (Fsp3) is 0.429. The van der Waals surface area contributed by atoms with E-state index in [0.717, 1.165) is 4.90 Å². The Hall–Kier alpha value is -1.69. The molecule has 0 atom stereocenters. The monoisotopic (exact) mass is 297 g/mol. The van der Waals surface area contributed by atoms with Crippen LogP contribution in [0, 0.1) is 0 Å². The van der Waals surface area contributed by atoms with Gasteiger partial charge in [-0.25, -0.2) is 4.79 Å². The summed E-state index contributed by atoms with van der Waals surface area (Å²) in [4.78, 5) is 23.7. The van der Waals surface area contributed by atoms with Gasteiger partial charge in [0.05, 0.1) is 18.4 Å². The van der Waals surface area contributed by atoms with Crippen LogP contribution < -0.4 is 5.73 Å². The van der Waals surface area contributed by atoms with Gasteiger partial charge in [0, 0.05) is 10.6 Å². The molecule has 0 unspecified atom stereocenters. The molecule has 5 nitrogen and oxygen atoms in total. The molecule has 0 aliphatic rings. The van der Waals surface area contributed by atoms with Gasteiger partial charge in [-0.2, -0.15) is 0 Å². The zero-order chi connectivity index (χ0) is 15.3. The molecule has 1 aromatic carbocycles. The van der Waals surface area contributed by atoms with E-state index in [-0.39, 0.29) is 11.7 Å². The first-order chi connectivity index (χ1) is 9.23. The van der Waals surface area contributed by atoms with E-state index in [2.05, 4.69) is 4.74 Å². The topological polar surface area (TPSA) is 78.6 Å². The molecule has 1 aromatic rings. The van der Waals surface area contributed by atoms with Gasteiger partial charge in [-0.15, -0.1) is 11.8 Å². The smallest absolute Gasteiger partial charge is 0.337 e. The van der Waals surface area contributed by atoms with Crippen LogP contribution in [0.15, 0.2) is 23.1 Å². The van der Waals surface area contributed by atoms with Gasteiger partial charge in [0.2, 0.25) is 0 Å². The molecule has 0 radical (unpaired) electrons. The van der Waals surface area contributed by atoms with Crippen LogP contribution in [-0.2, 0) is 14.3 Å². The number of nitrogens with two attached hydrogens (primary N) is 1. The number of carbonyl (C=O) groups is 2. The van der Waals surface area contributed by atoms with E-state index in [1.165, 1.54) is 24.9 Å². The van der Waals surface area contributed by atoms with E-state index in [0.29, 0.717) is 11.3 Å². The molecule has 0 fully saturated rings. The van der Waals surface area contributed by atoms with Crippen molar-refractivity contribution in [2.24, 2.45) is 0 Å². The standard InChI is InChI=1S/C14H19NO4S/c1-14(2,3)19-12(16)8-20-11-6-5-9(7-10(11)15)13(17)18-4/h5-7H,8,15H2,1-4H3. The molecule has 0 aromatic heterocycles. The minimum absolute atomic E-state index is 0.166. The largest absolute Gasteiger partial charge is 0.465 e. The lowest BCUT2D eigenvalue weighted by atomic mass is 10.2. The second-order valence-corrected chi connectivity index (χ2v) is 6.14. The molecule has 6 heteroatoms. The number of esters is 2. The van der Waals surface area contributed by atoms with Crippen LogP contribution >= 0.6 is 11.8 Å². The minimum Gasteiger partial charge on any atom is -0.465 e. The van der Waals surface area contributed by atoms with E-state index < -0.39 is 11.6 Å². The first kappa shape index (κ1) is 16.4. The van der Waals surface area contributed by atoms with E-state index >= 15 is 0 Å². The lowest BCUT2D eigenvalue weighted by molar-refractivity contribution is -0.151. The predicted molar refractivity (Wildman–Crippen MR) is 78.8 cm³/mol. The van der Waals surface area contributed by atoms with Crippen LogP contribution in [0.4, 0.5) is 5.69 Å². The van der Waals surface area contributed by atoms with Crippen molar-refractivity contribution in [1.82, 2.24) is 0 Å². The number of ether oxygens (including phenoxy) is 2. The number of nitrogen functional groups attached to an aromatic ring is 1. The number of carbonyl (C=O) groups excluding carboxylic acids is 2. The summed E-state index contributed by atoms with van der Waals surface area (Å²) in [5.74, 6) is -0.585. The van der Waals surface area contributed by atoms with E-state index in [4.69, 9.17) is 10.5 Å². The number of hydrogen-bond acceptors (Lipinski definition) is 6. The zero-order valence-corrected chi connectivity index (χ0v) is 12.9. The Morgan fingerprint density at radius 1 is 1.30 bits per heavy atom. The summed E-state index contributed by atoms with van der Waals surface area (Å²) in [6, 6.07) is 4.83. The van der Waals surface area contributed by atoms with E-state index in [9.17, 15) is 9.59 Å². The number of benzene rings is 1. The van der Waals surface area contributed by atoms with Crippen LogP contribution in [0.5, 0.6) is 0 Å². The number of methoxy groups -OCH3 is 1. The third kappa shape index (κ3) is 5.13. The highest BCUT2D eigenvalue weighted by Crippen LogP contribution is 2.26. The first-order valence-corrected chi connectivity index (χ1v) is 7.04. The van der Waals surface area contributed by atoms with Crippen molar-refractivity contribution >= 4 is 29.4 Å². The molecular formula is C14H19NO4S. The Kier molecular flexibility index (Phi) is 5.44. The fourth-order valence-electron chi connectivity index (χ4n) is 1.43. The summed E-state index contributed by atoms with van der Waals surface area (Å²) in [6.07, 6.45) is 0. The number of anilines is 1. The average molecular weight is 297 g/mol. The van der Waals surface area contributed by atoms with Crippen LogP contribution in [0.25, 0.3) is 0 Å². The normalized spacial score (nSPS) is 11.0. The maximum Gasteiger partial charge on any atom is 0.337 e. The summed E-state index contributed by atoms with van der Waals surface area (Å²) in [5.41, 5.74) is 6.16. The highest BCUT2D eigenvalue weighted by molar-refractivity contribution is 8.00. The minimum atomic E-state index is -0.502. The fourth-order valence-corrected chi connectivity index (χ4v) is 2.15. The Morgan fingerprint density at radius 3 is 2.45 bits per heavy atom. The van der Waals surface area contributed by atoms with Crippen molar-refractivity contribution in [2.45, 2.75) is 31.3 Å². The second-order valence-electron chi connectivity index (χ2n) is 5.12. The van der Waals surface area contributed by atoms with Crippen molar-refractivity contribution in [3.05, 3.63) is 23.8 Å². The maximum atomic E-state index is 11.6. The molecule has 0 heterocycles. The molecule has 0 bridgehead atoms. The predicted octanol–water partition coefficient (Wildman–Crippen LogP) is 2.49. The van der Waals surface area contributed by atoms with Gasteiger partial charge >= 0.3 is 11.9 Å². The molecule has 0 saturated carbocycles. The van der Waals surface area contributed by atoms with E-state index in [1.807, 2.05) is 20.8 Å². The highest BCUT2D eigenvalue weighted by atomic mass is 32.2. The zero-order valence-electron chi connectivity index (χ0n) is 12.1. The van der Waals surface area contributed by atoms with Crippen molar-refractivity contribution in [2.75, 3.05) is 18.6 Å². The van der Waals surface area contributed by atoms with Crippen molar-refractivity contribution in [3.8, 4) is 0 Å². The van der Waals surface area contributed by atoms with Crippen LogP contribution in [0.1, 0.15) is 31.1 Å². The van der Waals surface area contributed by atoms with Gasteiger partial charge in [0.25, 0.3) is 0 Å². The Labute approximate surface area is 122 Å². The van der Waals surface area contributed by atoms with Gasteiger partial charge < -0.3 is 15.2 Å². The van der Waals surface area contributed by atoms with Gasteiger partial charge in [-0.1, -0.05) is 0 Å². The van der Waals surface area contributed by atoms with E-state index in [1.54, 1.807) is 12.1 Å². The Bertz CT molecular complexity index is 508. The summed E-state index contributed by atoms with van der Waals surface area (Å²) >= 11 is 1.27. The number of thioether (sulfide) groups is 1. The van der Waals surface area contributed by atoms with Crippen molar-refractivity contribution in [3.63, 3.8) is 0 Å². The second kappa shape index (κ2) is 6.65. The van der Waals surface area contributed by atoms with Crippen molar-refractivity contribution < 1.29 is 19.1 Å². The third-order valence-corrected chi connectivity index (χ3v) is 3.26. The first-order valence-electron chi connectivity index (χ1n) is 6.05. The molecule has 110 valence electrons. The summed E-state index contributed by atoms with van der Waals surface area (Å²) in [7, 11) is 1.31. The molecule has 0 saturated heterocycles. The molecule has 0 aliphatic carbocycles. The van der Waals surface area contributed by atoms with Gasteiger partial charge in [0.1, 0.15) is 5.60 Å². The maximum absolute atomic E-state index is 11.6. The molecule has 0 spiro atoms. The molecule has 20 heavy (non-hydrogen) atoms. The number of hydrogen-bond donors (Lipinski definition) is 1. The Morgan fingerprint density at radius 2 is 1.95 bits per heavy atom. The van der Waals surface area contributed by atoms with Gasteiger partial charge in [-0.05, 0) is 39.0 Å². The SMILES string of the molecule is COC(=O)c1ccc(SCC(=O)OC(C)(C)C)c(N)c1. The lowest BCUT2D eigenvalue weighted by Crippen LogP contribution is -2.24. The third-order valence-electron chi connectivity index (χ3n) is 2.20. The summed E-state index contributed by atoms with van der Waals surface area (Å²) in [6.45, 7) is 5.44. The Balaban J connectivity index is 2.66. The highest BCUT2D eigenvalue weighted by Gasteiger charge is 2.17. The molecule has 2 N–H and O–H groups in total. The summed E-state index contributed by atoms with van der Waals surface area (Å²) in [5, 5.41) is 0. The van der Waals surface area contributed by atoms with Crippen LogP contribution in [0.2, 0.25) is 0 Å². The number of rotatable bonds is 4. The lowest BCUT2D eigenvalue weighted by Gasteiger charge is -2.19. The van der Waals surface area contributed by atoms with Crippen molar-refractivity contribution in [1.29, 1.82) is 0 Å². The van der Waals surface area contributed by atoms with Gasteiger partial charge in [0.15, 0.2) is 0 Å². The quantitative estimate of drug-likeness (QED) is 0.522. The average Bonchev–Trinajstić information content (AvgIpc) is 2.34. The van der Waals surface area contributed by atoms with Crippen LogP contribution in [-0.4, -0.2) is 30.4 Å². The molecule has 1 rings (SSSR count). The molecule has 0 aliphatic heterocycles. The van der Waals surface area contributed by atoms with Gasteiger partial charge in [-0.3, -0.25) is 4.79 Å².